The van der Waals surface area contributed by atoms with E-state index in [4.69, 9.17) is 4.74 Å². The van der Waals surface area contributed by atoms with Gasteiger partial charge in [-0.2, -0.15) is 0 Å². The van der Waals surface area contributed by atoms with E-state index in [-0.39, 0.29) is 36.1 Å². The summed E-state index contributed by atoms with van der Waals surface area (Å²) in [7, 11) is 1.67. The Morgan fingerprint density at radius 3 is 2.66 bits per heavy atom. The number of likely N-dealkylation sites (tertiary alicyclic amines) is 1. The number of nitrogens with zero attached hydrogens (tertiary/aromatic N) is 2. The van der Waals surface area contributed by atoms with Gasteiger partial charge in [-0.3, -0.25) is 4.99 Å². The van der Waals surface area contributed by atoms with E-state index < -0.39 is 11.9 Å². The fourth-order valence-electron chi connectivity index (χ4n) is 3.54. The Morgan fingerprint density at radius 1 is 1.28 bits per heavy atom. The third-order valence-electron chi connectivity index (χ3n) is 5.09. The average molecular weight is 513 g/mol. The van der Waals surface area contributed by atoms with Gasteiger partial charge in [0.05, 0.1) is 13.7 Å². The van der Waals surface area contributed by atoms with E-state index in [2.05, 4.69) is 27.3 Å². The lowest BCUT2D eigenvalue weighted by Crippen LogP contribution is -2.40. The summed E-state index contributed by atoms with van der Waals surface area (Å²) in [5.41, 5.74) is 1.56. The molecule has 2 aromatic rings. The number of aliphatic hydroxyl groups excluding tert-OH is 1. The SMILES string of the molecule is CCNC(=NCC(O)c1ccccc1F)N1CCC(c2ccc(OC)cc2)C1.I. The van der Waals surface area contributed by atoms with Crippen molar-refractivity contribution in [3.05, 3.63) is 65.5 Å². The van der Waals surface area contributed by atoms with Gasteiger partial charge in [0, 0.05) is 31.1 Å². The minimum absolute atomic E-state index is 0. The van der Waals surface area contributed by atoms with Crippen molar-refractivity contribution in [1.82, 2.24) is 10.2 Å². The van der Waals surface area contributed by atoms with Gasteiger partial charge in [0.25, 0.3) is 0 Å². The van der Waals surface area contributed by atoms with Gasteiger partial charge in [-0.05, 0) is 37.1 Å². The number of hydrogen-bond donors (Lipinski definition) is 2. The van der Waals surface area contributed by atoms with Gasteiger partial charge in [-0.15, -0.1) is 24.0 Å². The lowest BCUT2D eigenvalue weighted by atomic mass is 9.98. The lowest BCUT2D eigenvalue weighted by molar-refractivity contribution is 0.181. The minimum atomic E-state index is -0.963. The highest BCUT2D eigenvalue weighted by molar-refractivity contribution is 14.0. The van der Waals surface area contributed by atoms with Gasteiger partial charge in [0.15, 0.2) is 5.96 Å². The third-order valence-corrected chi connectivity index (χ3v) is 5.09. The average Bonchev–Trinajstić information content (AvgIpc) is 3.21. The zero-order valence-electron chi connectivity index (χ0n) is 16.8. The largest absolute Gasteiger partial charge is 0.497 e. The second-order valence-electron chi connectivity index (χ2n) is 6.94. The van der Waals surface area contributed by atoms with Crippen molar-refractivity contribution < 1.29 is 14.2 Å². The van der Waals surface area contributed by atoms with Crippen molar-refractivity contribution in [2.45, 2.75) is 25.4 Å². The first-order valence-electron chi connectivity index (χ1n) is 9.72. The quantitative estimate of drug-likeness (QED) is 0.349. The van der Waals surface area contributed by atoms with Gasteiger partial charge in [-0.1, -0.05) is 30.3 Å². The summed E-state index contributed by atoms with van der Waals surface area (Å²) in [5.74, 6) is 1.63. The maximum absolute atomic E-state index is 13.9. The van der Waals surface area contributed by atoms with Crippen molar-refractivity contribution >= 4 is 29.9 Å². The predicted molar refractivity (Wildman–Crippen MR) is 125 cm³/mol. The molecule has 3 rings (SSSR count). The highest BCUT2D eigenvalue weighted by atomic mass is 127. The van der Waals surface area contributed by atoms with Crippen molar-refractivity contribution in [3.8, 4) is 5.75 Å². The number of aliphatic imine (C=N–C) groups is 1. The molecule has 1 fully saturated rings. The molecule has 5 nitrogen and oxygen atoms in total. The van der Waals surface area contributed by atoms with E-state index in [1.165, 1.54) is 11.6 Å². The summed E-state index contributed by atoms with van der Waals surface area (Å²) in [6.07, 6.45) is 0.0712. The Kier molecular flexibility index (Phi) is 9.16. The van der Waals surface area contributed by atoms with Crippen molar-refractivity contribution in [1.29, 1.82) is 0 Å². The highest BCUT2D eigenvalue weighted by Gasteiger charge is 2.26. The zero-order valence-corrected chi connectivity index (χ0v) is 19.2. The molecule has 1 aliphatic heterocycles. The zero-order chi connectivity index (χ0) is 19.9. The molecule has 1 saturated heterocycles. The molecule has 0 radical (unpaired) electrons. The maximum atomic E-state index is 13.9. The Bertz CT molecular complexity index is 801. The Balaban J connectivity index is 0.00000300. The first-order valence-corrected chi connectivity index (χ1v) is 9.72. The van der Waals surface area contributed by atoms with Crippen LogP contribution in [-0.2, 0) is 0 Å². The molecule has 7 heteroatoms. The number of methoxy groups -OCH3 is 1. The molecule has 0 spiro atoms. The molecule has 2 N–H and O–H groups in total. The van der Waals surface area contributed by atoms with Crippen LogP contribution in [0.1, 0.15) is 36.5 Å². The van der Waals surface area contributed by atoms with Gasteiger partial charge in [-0.25, -0.2) is 4.39 Å². The van der Waals surface area contributed by atoms with E-state index >= 15 is 0 Å². The first kappa shape index (κ1) is 23.4. The number of halogens is 2. The van der Waals surface area contributed by atoms with Crippen LogP contribution >= 0.6 is 24.0 Å². The van der Waals surface area contributed by atoms with Crippen LogP contribution in [-0.4, -0.2) is 49.3 Å². The van der Waals surface area contributed by atoms with Crippen LogP contribution in [0, 0.1) is 5.82 Å². The van der Waals surface area contributed by atoms with Crippen LogP contribution in [0.2, 0.25) is 0 Å². The fraction of sp³-hybridized carbons (Fsp3) is 0.409. The highest BCUT2D eigenvalue weighted by Crippen LogP contribution is 2.28. The van der Waals surface area contributed by atoms with Crippen LogP contribution in [0.15, 0.2) is 53.5 Å². The molecule has 29 heavy (non-hydrogen) atoms. The van der Waals surface area contributed by atoms with E-state index in [0.29, 0.717) is 5.92 Å². The summed E-state index contributed by atoms with van der Waals surface area (Å²) in [6.45, 7) is 4.61. The van der Waals surface area contributed by atoms with Crippen LogP contribution in [0.25, 0.3) is 0 Å². The third kappa shape index (κ3) is 6.05. The number of rotatable bonds is 6. The van der Waals surface area contributed by atoms with E-state index in [1.807, 2.05) is 19.1 Å². The molecule has 0 amide bonds. The maximum Gasteiger partial charge on any atom is 0.194 e. The van der Waals surface area contributed by atoms with Crippen LogP contribution < -0.4 is 10.1 Å². The normalized spacial score (nSPS) is 17.6. The molecule has 2 aromatic carbocycles. The summed E-state index contributed by atoms with van der Waals surface area (Å²) >= 11 is 0. The molecule has 0 saturated carbocycles. The van der Waals surface area contributed by atoms with E-state index in [9.17, 15) is 9.50 Å². The topological polar surface area (TPSA) is 57.1 Å². The predicted octanol–water partition coefficient (Wildman–Crippen LogP) is 3.94. The number of nitrogens with one attached hydrogen (secondary N) is 1. The molecule has 1 heterocycles. The van der Waals surface area contributed by atoms with Gasteiger partial charge < -0.3 is 20.1 Å². The summed E-state index contributed by atoms with van der Waals surface area (Å²) in [4.78, 5) is 6.76. The van der Waals surface area contributed by atoms with Crippen molar-refractivity contribution in [3.63, 3.8) is 0 Å². The number of aliphatic hydroxyl groups is 1. The molecule has 0 aliphatic carbocycles. The second kappa shape index (κ2) is 11.3. The Labute approximate surface area is 189 Å². The lowest BCUT2D eigenvalue weighted by Gasteiger charge is -2.22. The molecular weight excluding hydrogens is 484 g/mol. The van der Waals surface area contributed by atoms with Crippen molar-refractivity contribution in [2.24, 2.45) is 4.99 Å². The van der Waals surface area contributed by atoms with Crippen LogP contribution in [0.5, 0.6) is 5.75 Å². The fourth-order valence-corrected chi connectivity index (χ4v) is 3.54. The summed E-state index contributed by atoms with van der Waals surface area (Å²) in [5, 5.41) is 13.6. The van der Waals surface area contributed by atoms with Crippen LogP contribution in [0.4, 0.5) is 4.39 Å². The number of ether oxygens (including phenoxy) is 1. The monoisotopic (exact) mass is 513 g/mol. The molecule has 2 atom stereocenters. The Morgan fingerprint density at radius 2 is 2.00 bits per heavy atom. The second-order valence-corrected chi connectivity index (χ2v) is 6.94. The Hall–Kier alpha value is -1.87. The van der Waals surface area contributed by atoms with Gasteiger partial charge >= 0.3 is 0 Å². The molecule has 0 aromatic heterocycles. The first-order chi connectivity index (χ1) is 13.6. The number of benzene rings is 2. The van der Waals surface area contributed by atoms with E-state index in [0.717, 1.165) is 37.8 Å². The summed E-state index contributed by atoms with van der Waals surface area (Å²) in [6, 6.07) is 14.5. The van der Waals surface area contributed by atoms with Gasteiger partial charge in [0.1, 0.15) is 17.7 Å². The van der Waals surface area contributed by atoms with Crippen molar-refractivity contribution in [2.75, 3.05) is 33.3 Å². The number of guanidine groups is 1. The summed E-state index contributed by atoms with van der Waals surface area (Å²) < 4.78 is 19.1. The smallest absolute Gasteiger partial charge is 0.194 e. The van der Waals surface area contributed by atoms with E-state index in [1.54, 1.807) is 25.3 Å². The van der Waals surface area contributed by atoms with Crippen LogP contribution in [0.3, 0.4) is 0 Å². The molecule has 158 valence electrons. The minimum Gasteiger partial charge on any atom is -0.497 e. The van der Waals surface area contributed by atoms with Gasteiger partial charge in [0.2, 0.25) is 0 Å². The molecule has 2 unspecified atom stereocenters. The number of hydrogen-bond acceptors (Lipinski definition) is 3. The molecular formula is C22H29FIN3O2. The molecule has 1 aliphatic rings. The standard InChI is InChI=1S/C22H28FN3O2.HI/c1-3-24-22(25-14-21(27)19-6-4-5-7-20(19)23)26-13-12-17(15-26)16-8-10-18(28-2)11-9-16;/h4-11,17,21,27H,3,12-15H2,1-2H3,(H,24,25);1H. The molecule has 0 bridgehead atoms.